The number of fused-ring (bicyclic) bond motifs is 7. The van der Waals surface area contributed by atoms with Gasteiger partial charge in [0.05, 0.1) is 16.7 Å². The quantitative estimate of drug-likeness (QED) is 0.185. The Balaban J connectivity index is 1.12. The highest BCUT2D eigenvalue weighted by Crippen LogP contribution is 2.44. The molecule has 3 nitrogen and oxygen atoms in total. The first-order valence-corrected chi connectivity index (χ1v) is 17.6. The van der Waals surface area contributed by atoms with Crippen molar-refractivity contribution in [2.24, 2.45) is 0 Å². The van der Waals surface area contributed by atoms with Gasteiger partial charge in [0.2, 0.25) is 5.95 Å². The lowest BCUT2D eigenvalue weighted by Crippen LogP contribution is -2.01. The molecule has 0 radical (unpaired) electrons. The van der Waals surface area contributed by atoms with Crippen LogP contribution in [0.1, 0.15) is 0 Å². The van der Waals surface area contributed by atoms with E-state index in [9.17, 15) is 0 Å². The van der Waals surface area contributed by atoms with E-state index in [1.165, 1.54) is 58.8 Å². The molecular weight excluding hydrogens is 627 g/mol. The second-order valence-corrected chi connectivity index (χ2v) is 13.7. The van der Waals surface area contributed by atoms with Crippen molar-refractivity contribution in [3.8, 4) is 50.6 Å². The molecule has 50 heavy (non-hydrogen) atoms. The van der Waals surface area contributed by atoms with Gasteiger partial charge < -0.3 is 0 Å². The third-order valence-electron chi connectivity index (χ3n) is 9.71. The van der Waals surface area contributed by atoms with E-state index in [0.29, 0.717) is 5.95 Å². The molecule has 10 rings (SSSR count). The Hall–Kier alpha value is -6.36. The highest BCUT2D eigenvalue weighted by molar-refractivity contribution is 7.26. The first kappa shape index (κ1) is 28.6. The number of thiophene rings is 1. The highest BCUT2D eigenvalue weighted by Gasteiger charge is 2.20. The fourth-order valence-corrected chi connectivity index (χ4v) is 8.53. The van der Waals surface area contributed by atoms with E-state index in [0.717, 1.165) is 27.9 Å². The first-order valence-electron chi connectivity index (χ1n) is 16.8. The Morgan fingerprint density at radius 3 is 1.82 bits per heavy atom. The molecule has 0 spiro atoms. The van der Waals surface area contributed by atoms with E-state index in [-0.39, 0.29) is 0 Å². The molecule has 0 saturated heterocycles. The number of hydrogen-bond donors (Lipinski definition) is 0. The summed E-state index contributed by atoms with van der Waals surface area (Å²) < 4.78 is 4.82. The Kier molecular flexibility index (Phi) is 6.68. The first-order chi connectivity index (χ1) is 24.8. The summed E-state index contributed by atoms with van der Waals surface area (Å²) in [6.07, 6.45) is 1.88. The molecule has 0 aliphatic rings. The zero-order valence-corrected chi connectivity index (χ0v) is 27.8. The summed E-state index contributed by atoms with van der Waals surface area (Å²) in [5.74, 6) is 0.660. The lowest BCUT2D eigenvalue weighted by Gasteiger charge is -2.10. The summed E-state index contributed by atoms with van der Waals surface area (Å²) in [5.41, 5.74) is 11.3. The second kappa shape index (κ2) is 11.7. The molecule has 7 aromatic carbocycles. The zero-order valence-electron chi connectivity index (χ0n) is 27.0. The molecule has 0 N–H and O–H groups in total. The average molecular weight is 656 g/mol. The van der Waals surface area contributed by atoms with Crippen LogP contribution in [0.15, 0.2) is 176 Å². The molecule has 0 amide bonds. The molecular formula is C46H29N3S. The Morgan fingerprint density at radius 2 is 1.02 bits per heavy atom. The molecule has 0 aliphatic heterocycles. The fraction of sp³-hybridized carbons (Fsp3) is 0. The van der Waals surface area contributed by atoms with E-state index in [2.05, 4.69) is 168 Å². The van der Waals surface area contributed by atoms with E-state index in [4.69, 9.17) is 9.97 Å². The normalized spacial score (nSPS) is 11.6. The fourth-order valence-electron chi connectivity index (χ4n) is 7.27. The topological polar surface area (TPSA) is 30.7 Å². The lowest BCUT2D eigenvalue weighted by atomic mass is 9.98. The summed E-state index contributed by atoms with van der Waals surface area (Å²) in [4.78, 5) is 10.1. The molecule has 0 unspecified atom stereocenters. The van der Waals surface area contributed by atoms with Crippen LogP contribution < -0.4 is 0 Å². The molecule has 3 heterocycles. The smallest absolute Gasteiger partial charge is 0.235 e. The maximum Gasteiger partial charge on any atom is 0.235 e. The van der Waals surface area contributed by atoms with E-state index < -0.39 is 0 Å². The standard InChI is InChI=1S/C46H29N3S/c1-3-10-30(11-4-1)32-18-20-33(21-19-32)34-14-9-15-36(28-34)40-26-27-47-46(48-40)49-41-24-22-35(31-12-5-2-6-13-31)29-39(41)44-42(49)25-23-38-37-16-7-8-17-43(37)50-45(38)44/h1-29H. The van der Waals surface area contributed by atoms with Crippen LogP contribution in [0, 0.1) is 0 Å². The third kappa shape index (κ3) is 4.73. The molecule has 0 aliphatic carbocycles. The van der Waals surface area contributed by atoms with E-state index in [1.807, 2.05) is 23.6 Å². The van der Waals surface area contributed by atoms with Crippen molar-refractivity contribution in [1.29, 1.82) is 0 Å². The van der Waals surface area contributed by atoms with Crippen molar-refractivity contribution in [1.82, 2.24) is 14.5 Å². The van der Waals surface area contributed by atoms with Crippen LogP contribution in [0.5, 0.6) is 0 Å². The summed E-state index contributed by atoms with van der Waals surface area (Å²) in [6, 6.07) is 60.5. The van der Waals surface area contributed by atoms with Gasteiger partial charge in [0.25, 0.3) is 0 Å². The van der Waals surface area contributed by atoms with E-state index in [1.54, 1.807) is 0 Å². The van der Waals surface area contributed by atoms with Gasteiger partial charge in [0.15, 0.2) is 0 Å². The third-order valence-corrected chi connectivity index (χ3v) is 10.9. The lowest BCUT2D eigenvalue weighted by molar-refractivity contribution is 0.992. The van der Waals surface area contributed by atoms with Gasteiger partial charge in [0.1, 0.15) is 0 Å². The maximum atomic E-state index is 5.23. The average Bonchev–Trinajstić information content (AvgIpc) is 3.74. The van der Waals surface area contributed by atoms with Crippen molar-refractivity contribution in [3.05, 3.63) is 176 Å². The number of nitrogens with zero attached hydrogens (tertiary/aromatic N) is 3. The van der Waals surface area contributed by atoms with Gasteiger partial charge in [-0.15, -0.1) is 11.3 Å². The summed E-state index contributed by atoms with van der Waals surface area (Å²) in [6.45, 7) is 0. The molecule has 10 aromatic rings. The minimum atomic E-state index is 0.660. The van der Waals surface area contributed by atoms with Crippen molar-refractivity contribution < 1.29 is 0 Å². The van der Waals surface area contributed by atoms with Gasteiger partial charge in [-0.25, -0.2) is 9.97 Å². The van der Waals surface area contributed by atoms with Gasteiger partial charge in [-0.1, -0.05) is 133 Å². The minimum Gasteiger partial charge on any atom is -0.278 e. The van der Waals surface area contributed by atoms with Gasteiger partial charge in [-0.2, -0.15) is 0 Å². The molecule has 0 saturated carbocycles. The Bertz CT molecular complexity index is 2850. The molecule has 0 fully saturated rings. The summed E-state index contributed by atoms with van der Waals surface area (Å²) in [7, 11) is 0. The summed E-state index contributed by atoms with van der Waals surface area (Å²) >= 11 is 1.86. The number of benzene rings is 7. The highest BCUT2D eigenvalue weighted by atomic mass is 32.1. The van der Waals surface area contributed by atoms with Gasteiger partial charge in [0, 0.05) is 42.7 Å². The van der Waals surface area contributed by atoms with Gasteiger partial charge >= 0.3 is 0 Å². The maximum absolute atomic E-state index is 5.23. The monoisotopic (exact) mass is 655 g/mol. The summed E-state index contributed by atoms with van der Waals surface area (Å²) in [5, 5.41) is 5.02. The molecule has 0 bridgehead atoms. The Morgan fingerprint density at radius 1 is 0.420 bits per heavy atom. The Labute approximate surface area is 293 Å². The van der Waals surface area contributed by atoms with Crippen LogP contribution in [0.25, 0.3) is 92.6 Å². The molecule has 0 atom stereocenters. The largest absolute Gasteiger partial charge is 0.278 e. The number of aromatic nitrogens is 3. The van der Waals surface area contributed by atoms with Gasteiger partial charge in [-0.3, -0.25) is 4.57 Å². The van der Waals surface area contributed by atoms with Gasteiger partial charge in [-0.05, 0) is 69.8 Å². The van der Waals surface area contributed by atoms with Crippen LogP contribution in [0.2, 0.25) is 0 Å². The van der Waals surface area contributed by atoms with Crippen molar-refractivity contribution in [2.75, 3.05) is 0 Å². The van der Waals surface area contributed by atoms with Crippen LogP contribution in [0.3, 0.4) is 0 Å². The zero-order chi connectivity index (χ0) is 33.0. The van der Waals surface area contributed by atoms with E-state index >= 15 is 0 Å². The molecule has 4 heteroatoms. The predicted molar refractivity (Wildman–Crippen MR) is 211 cm³/mol. The van der Waals surface area contributed by atoms with Crippen molar-refractivity contribution in [3.63, 3.8) is 0 Å². The minimum absolute atomic E-state index is 0.660. The predicted octanol–water partition coefficient (Wildman–Crippen LogP) is 12.6. The number of hydrogen-bond acceptors (Lipinski definition) is 3. The van der Waals surface area contributed by atoms with Crippen molar-refractivity contribution in [2.45, 2.75) is 0 Å². The second-order valence-electron chi connectivity index (χ2n) is 12.6. The molecule has 234 valence electrons. The van der Waals surface area contributed by atoms with Crippen LogP contribution in [0.4, 0.5) is 0 Å². The number of rotatable bonds is 5. The van der Waals surface area contributed by atoms with Crippen LogP contribution >= 0.6 is 11.3 Å². The van der Waals surface area contributed by atoms with Crippen molar-refractivity contribution >= 4 is 53.3 Å². The SMILES string of the molecule is c1ccc(-c2ccc(-c3cccc(-c4ccnc(-n5c6ccc(-c7ccccc7)cc6c6c7sc8ccccc8c7ccc65)n4)c3)cc2)cc1. The molecule has 3 aromatic heterocycles. The van der Waals surface area contributed by atoms with Crippen LogP contribution in [-0.2, 0) is 0 Å². The van der Waals surface area contributed by atoms with Crippen LogP contribution in [-0.4, -0.2) is 14.5 Å².